The number of rotatable bonds is 16. The molecule has 5 amide bonds. The standard InChI is InChI=1S/C43H59N5O7/c1-41(2,3)35(39(52)48-24-30-32(42(30,4)5)33(48)38(51)45-31(23-27-19-20-27)34(49)37(44)50)46-40(53)47-43(21-13-8-14-22-43)36(29-17-11-7-12-18-29)55-26-54-25-28-15-9-6-10-16-28/h6-7,9-12,15-18,27,30-33,35-36H,8,13-14,19-26H2,1-5H3,(H2,44,50)(H,45,51)(H2,46,47,53)/t30-,31?,32-,33-,35+,36?/m0/s1. The lowest BCUT2D eigenvalue weighted by molar-refractivity contribution is -0.145. The average molecular weight is 758 g/mol. The van der Waals surface area contributed by atoms with Crippen molar-refractivity contribution in [2.24, 2.45) is 34.3 Å². The van der Waals surface area contributed by atoms with E-state index in [1.165, 1.54) is 0 Å². The molecule has 1 saturated heterocycles. The van der Waals surface area contributed by atoms with Crippen LogP contribution in [0.15, 0.2) is 60.7 Å². The highest BCUT2D eigenvalue weighted by Crippen LogP contribution is 2.65. The molecule has 6 atom stereocenters. The van der Waals surface area contributed by atoms with Gasteiger partial charge in [0.05, 0.1) is 18.2 Å². The van der Waals surface area contributed by atoms with E-state index in [0.29, 0.717) is 32.4 Å². The fraction of sp³-hybridized carbons (Fsp3) is 0.605. The third-order valence-corrected chi connectivity index (χ3v) is 12.4. The molecule has 2 unspecified atom stereocenters. The second-order valence-electron chi connectivity index (χ2n) is 17.9. The van der Waals surface area contributed by atoms with E-state index in [9.17, 15) is 24.0 Å². The largest absolute Gasteiger partial charge is 0.363 e. The summed E-state index contributed by atoms with van der Waals surface area (Å²) < 4.78 is 12.5. The first kappa shape index (κ1) is 40.4. The van der Waals surface area contributed by atoms with Crippen molar-refractivity contribution in [2.75, 3.05) is 13.3 Å². The number of carbonyl (C=O) groups is 5. The summed E-state index contributed by atoms with van der Waals surface area (Å²) in [7, 11) is 0. The molecule has 0 spiro atoms. The van der Waals surface area contributed by atoms with Crippen molar-refractivity contribution in [3.63, 3.8) is 0 Å². The maximum atomic E-state index is 14.7. The summed E-state index contributed by atoms with van der Waals surface area (Å²) in [5.74, 6) is -2.56. The summed E-state index contributed by atoms with van der Waals surface area (Å²) in [6.45, 7) is 10.6. The molecule has 2 aromatic carbocycles. The first-order valence-corrected chi connectivity index (χ1v) is 19.9. The number of fused-ring (bicyclic) bond motifs is 1. The van der Waals surface area contributed by atoms with Gasteiger partial charge in [0, 0.05) is 6.54 Å². The number of ketones is 1. The van der Waals surface area contributed by atoms with E-state index in [4.69, 9.17) is 15.2 Å². The minimum atomic E-state index is -1.09. The number of urea groups is 1. The smallest absolute Gasteiger partial charge is 0.315 e. The molecule has 55 heavy (non-hydrogen) atoms. The molecule has 5 N–H and O–H groups in total. The molecular weight excluding hydrogens is 699 g/mol. The molecule has 0 aromatic heterocycles. The number of hydrogen-bond donors (Lipinski definition) is 4. The van der Waals surface area contributed by atoms with Crippen molar-refractivity contribution in [3.8, 4) is 0 Å². The van der Waals surface area contributed by atoms with Crippen LogP contribution in [0.25, 0.3) is 0 Å². The molecule has 3 saturated carbocycles. The van der Waals surface area contributed by atoms with Gasteiger partial charge in [-0.2, -0.15) is 0 Å². The Morgan fingerprint density at radius 2 is 1.55 bits per heavy atom. The van der Waals surface area contributed by atoms with Crippen molar-refractivity contribution in [3.05, 3.63) is 71.8 Å². The molecule has 6 rings (SSSR count). The van der Waals surface area contributed by atoms with Gasteiger partial charge in [0.2, 0.25) is 17.6 Å². The van der Waals surface area contributed by atoms with Gasteiger partial charge in [-0.05, 0) is 59.0 Å². The Morgan fingerprint density at radius 1 is 0.909 bits per heavy atom. The van der Waals surface area contributed by atoms with Crippen LogP contribution in [0.1, 0.15) is 103 Å². The van der Waals surface area contributed by atoms with Crippen LogP contribution in [0.4, 0.5) is 4.79 Å². The quantitative estimate of drug-likeness (QED) is 0.104. The van der Waals surface area contributed by atoms with E-state index < -0.39 is 58.8 Å². The maximum Gasteiger partial charge on any atom is 0.315 e. The topological polar surface area (TPSA) is 169 Å². The first-order chi connectivity index (χ1) is 26.1. The zero-order chi connectivity index (χ0) is 39.5. The summed E-state index contributed by atoms with van der Waals surface area (Å²) in [5.41, 5.74) is 5.61. The predicted molar refractivity (Wildman–Crippen MR) is 207 cm³/mol. The molecule has 1 aliphatic heterocycles. The molecule has 2 aromatic rings. The van der Waals surface area contributed by atoms with E-state index in [0.717, 1.165) is 43.2 Å². The number of ether oxygens (including phenoxy) is 2. The van der Waals surface area contributed by atoms with E-state index in [2.05, 4.69) is 29.8 Å². The lowest BCUT2D eigenvalue weighted by Crippen LogP contribution is -2.64. The molecule has 4 fully saturated rings. The van der Waals surface area contributed by atoms with Gasteiger partial charge in [-0.1, -0.05) is 127 Å². The molecule has 12 nitrogen and oxygen atoms in total. The molecule has 0 radical (unpaired) electrons. The number of amides is 5. The monoisotopic (exact) mass is 757 g/mol. The van der Waals surface area contributed by atoms with Crippen LogP contribution in [-0.2, 0) is 35.3 Å². The minimum Gasteiger partial charge on any atom is -0.363 e. The van der Waals surface area contributed by atoms with Crippen molar-refractivity contribution >= 4 is 29.5 Å². The highest BCUT2D eigenvalue weighted by Gasteiger charge is 2.70. The van der Waals surface area contributed by atoms with Crippen LogP contribution >= 0.6 is 0 Å². The van der Waals surface area contributed by atoms with Crippen molar-refractivity contribution < 1.29 is 33.4 Å². The zero-order valence-corrected chi connectivity index (χ0v) is 33.0. The van der Waals surface area contributed by atoms with Crippen molar-refractivity contribution in [1.29, 1.82) is 0 Å². The SMILES string of the molecule is CC(C)(C)[C@H](NC(=O)NC1(C(OCOCc2ccccc2)c2ccccc2)CCCCC1)C(=O)N1C[C@H]2[C@@H]([C@H]1C(=O)NC(CC1CC1)C(=O)C(N)=O)C2(C)C. The van der Waals surface area contributed by atoms with Crippen molar-refractivity contribution in [2.45, 2.75) is 122 Å². The summed E-state index contributed by atoms with van der Waals surface area (Å²) in [4.78, 5) is 69.3. The molecule has 4 aliphatic rings. The van der Waals surface area contributed by atoms with Crippen LogP contribution in [0.2, 0.25) is 0 Å². The summed E-state index contributed by atoms with van der Waals surface area (Å²) >= 11 is 0. The summed E-state index contributed by atoms with van der Waals surface area (Å²) in [6, 6.07) is 16.3. The van der Waals surface area contributed by atoms with Crippen LogP contribution in [-0.4, -0.2) is 71.4 Å². The van der Waals surface area contributed by atoms with Gasteiger partial charge in [0.25, 0.3) is 5.91 Å². The Morgan fingerprint density at radius 3 is 2.15 bits per heavy atom. The van der Waals surface area contributed by atoms with Gasteiger partial charge in [-0.3, -0.25) is 19.2 Å². The molecule has 1 heterocycles. The van der Waals surface area contributed by atoms with Gasteiger partial charge in [0.1, 0.15) is 25.0 Å². The van der Waals surface area contributed by atoms with Gasteiger partial charge < -0.3 is 36.1 Å². The molecule has 298 valence electrons. The van der Waals surface area contributed by atoms with Gasteiger partial charge in [-0.15, -0.1) is 0 Å². The van der Waals surface area contributed by atoms with E-state index >= 15 is 0 Å². The van der Waals surface area contributed by atoms with Crippen LogP contribution in [0.5, 0.6) is 0 Å². The minimum absolute atomic E-state index is 0.0201. The summed E-state index contributed by atoms with van der Waals surface area (Å²) in [6.07, 6.45) is 5.82. The highest BCUT2D eigenvalue weighted by molar-refractivity contribution is 6.37. The number of benzene rings is 2. The van der Waals surface area contributed by atoms with Gasteiger partial charge in [-0.25, -0.2) is 4.79 Å². The molecule has 3 aliphatic carbocycles. The number of primary amides is 1. The highest BCUT2D eigenvalue weighted by atomic mass is 16.7. The van der Waals surface area contributed by atoms with Gasteiger partial charge in [0.15, 0.2) is 0 Å². The third kappa shape index (κ3) is 9.23. The van der Waals surface area contributed by atoms with E-state index in [-0.39, 0.29) is 35.9 Å². The Hall–Kier alpha value is -4.29. The van der Waals surface area contributed by atoms with Crippen LogP contribution in [0, 0.1) is 28.6 Å². The number of hydrogen-bond acceptors (Lipinski definition) is 7. The predicted octanol–water partition coefficient (Wildman–Crippen LogP) is 5.16. The zero-order valence-electron chi connectivity index (χ0n) is 33.0. The Labute approximate surface area is 325 Å². The fourth-order valence-electron chi connectivity index (χ4n) is 9.06. The number of nitrogens with one attached hydrogen (secondary N) is 3. The third-order valence-electron chi connectivity index (χ3n) is 12.4. The Bertz CT molecular complexity index is 1700. The maximum absolute atomic E-state index is 14.7. The lowest BCUT2D eigenvalue weighted by atomic mass is 9.75. The second-order valence-corrected chi connectivity index (χ2v) is 17.9. The molecular formula is C43H59N5O7. The Kier molecular flexibility index (Phi) is 12.1. The van der Waals surface area contributed by atoms with E-state index in [1.54, 1.807) is 4.90 Å². The number of nitrogens with zero attached hydrogens (tertiary/aromatic N) is 1. The van der Waals surface area contributed by atoms with Crippen LogP contribution in [0.3, 0.4) is 0 Å². The lowest BCUT2D eigenvalue weighted by Gasteiger charge is -2.45. The van der Waals surface area contributed by atoms with E-state index in [1.807, 2.05) is 81.4 Å². The van der Waals surface area contributed by atoms with Gasteiger partial charge >= 0.3 is 6.03 Å². The Balaban J connectivity index is 1.20. The first-order valence-electron chi connectivity index (χ1n) is 19.9. The number of piperidine rings is 1. The summed E-state index contributed by atoms with van der Waals surface area (Å²) in [5, 5.41) is 9.18. The molecule has 12 heteroatoms. The average Bonchev–Trinajstić information content (AvgIpc) is 4.01. The van der Waals surface area contributed by atoms with Crippen molar-refractivity contribution in [1.82, 2.24) is 20.9 Å². The number of Topliss-reactive ketones (excluding diaryl/α,β-unsaturated/α-hetero) is 1. The molecule has 0 bridgehead atoms. The normalized spacial score (nSPS) is 24.1. The number of carbonyl (C=O) groups excluding carboxylic acids is 5. The second kappa shape index (κ2) is 16.4. The van der Waals surface area contributed by atoms with Crippen LogP contribution < -0.4 is 21.7 Å². The number of likely N-dealkylation sites (tertiary alicyclic amines) is 1. The fourth-order valence-corrected chi connectivity index (χ4v) is 9.06. The number of nitrogens with two attached hydrogens (primary N) is 1.